The number of nitrogens with one attached hydrogen (secondary N) is 1. The zero-order valence-corrected chi connectivity index (χ0v) is 6.40. The molecule has 0 radical (unpaired) electrons. The number of hydrogen-bond donors (Lipinski definition) is 4. The molecule has 0 spiro atoms. The highest BCUT2D eigenvalue weighted by molar-refractivity contribution is 5.88. The predicted molar refractivity (Wildman–Crippen MR) is 38.5 cm³/mol. The zero-order chi connectivity index (χ0) is 10.1. The lowest BCUT2D eigenvalue weighted by atomic mass is 10.5. The van der Waals surface area contributed by atoms with Crippen LogP contribution in [0.3, 0.4) is 0 Å². The summed E-state index contributed by atoms with van der Waals surface area (Å²) < 4.78 is 0. The summed E-state index contributed by atoms with van der Waals surface area (Å²) in [5.41, 5.74) is 4.54. The van der Waals surface area contributed by atoms with Gasteiger partial charge in [0.05, 0.1) is 0 Å². The van der Waals surface area contributed by atoms with Crippen LogP contribution in [0, 0.1) is 0 Å². The van der Waals surface area contributed by atoms with Crippen molar-refractivity contribution in [1.82, 2.24) is 5.32 Å². The average Bonchev–Trinajstić information content (AvgIpc) is 1.85. The molecule has 0 rings (SSSR count). The van der Waals surface area contributed by atoms with Crippen LogP contribution in [0.5, 0.6) is 0 Å². The monoisotopic (exact) mass is 178 g/mol. The fourth-order valence-corrected chi connectivity index (χ4v) is 0.129. The maximum Gasteiger partial charge on any atom is 0.314 e. The second-order valence-corrected chi connectivity index (χ2v) is 1.58. The van der Waals surface area contributed by atoms with Gasteiger partial charge in [0.15, 0.2) is 0 Å². The summed E-state index contributed by atoms with van der Waals surface area (Å²) in [6.45, 7) is 0. The number of nitrogens with two attached hydrogens (primary N) is 1. The number of hydrogen-bond acceptors (Lipinski definition) is 3. The third-order valence-electron chi connectivity index (χ3n) is 0.549. The van der Waals surface area contributed by atoms with Gasteiger partial charge in [0.2, 0.25) is 0 Å². The van der Waals surface area contributed by atoms with Crippen LogP contribution < -0.4 is 11.1 Å². The molecule has 12 heavy (non-hydrogen) atoms. The highest BCUT2D eigenvalue weighted by atomic mass is 16.4. The molecule has 2 amide bonds. The number of amides is 2. The van der Waals surface area contributed by atoms with Gasteiger partial charge >= 0.3 is 18.0 Å². The Morgan fingerprint density at radius 2 is 1.50 bits per heavy atom. The maximum absolute atomic E-state index is 9.48. The van der Waals surface area contributed by atoms with Crippen molar-refractivity contribution in [2.24, 2.45) is 5.73 Å². The van der Waals surface area contributed by atoms with E-state index in [-0.39, 0.29) is 0 Å². The highest BCUT2D eigenvalue weighted by Gasteiger charge is 2.01. The number of aliphatic carboxylic acids is 2. The minimum atomic E-state index is -1.31. The molecule has 0 fully saturated rings. The topological polar surface area (TPSA) is 130 Å². The Hall–Kier alpha value is -1.79. The number of urea groups is 1. The Labute approximate surface area is 68.2 Å². The third-order valence-corrected chi connectivity index (χ3v) is 0.549. The smallest absolute Gasteiger partial charge is 0.314 e. The van der Waals surface area contributed by atoms with Crippen molar-refractivity contribution < 1.29 is 24.6 Å². The van der Waals surface area contributed by atoms with Crippen molar-refractivity contribution in [3.8, 4) is 0 Å². The number of carbonyl (C=O) groups is 3. The molecular formula is C5H10N2O5. The summed E-state index contributed by atoms with van der Waals surface area (Å²) in [4.78, 5) is 28.3. The molecule has 0 saturated carbocycles. The molecule has 0 aliphatic rings. The molecule has 0 aliphatic carbocycles. The van der Waals surface area contributed by atoms with Gasteiger partial charge in [-0.05, 0) is 0 Å². The van der Waals surface area contributed by atoms with Gasteiger partial charge in [-0.25, -0.2) is 4.79 Å². The summed E-state index contributed by atoms with van der Waals surface area (Å²) >= 11 is 0. The van der Waals surface area contributed by atoms with E-state index in [1.54, 1.807) is 0 Å². The van der Waals surface area contributed by atoms with Crippen molar-refractivity contribution in [3.63, 3.8) is 0 Å². The van der Waals surface area contributed by atoms with Gasteiger partial charge in [-0.1, -0.05) is 0 Å². The molecule has 0 aliphatic heterocycles. The minimum absolute atomic E-state index is 0.495. The quantitative estimate of drug-likeness (QED) is 0.396. The summed E-state index contributed by atoms with van der Waals surface area (Å²) in [6.07, 6.45) is -0.806. The van der Waals surface area contributed by atoms with Gasteiger partial charge in [0.1, 0.15) is 6.42 Å². The standard InChI is InChI=1S/C3H4O4.C2H6N2O/c4-2(5)1-3(6)7;1-4-2(3)5/h1H2,(H,4,5)(H,6,7);1H3,(H3,3,4,5). The average molecular weight is 178 g/mol. The molecule has 0 aromatic carbocycles. The van der Waals surface area contributed by atoms with E-state index in [4.69, 9.17) is 10.2 Å². The summed E-state index contributed by atoms with van der Waals surface area (Å²) in [6, 6.07) is -0.495. The van der Waals surface area contributed by atoms with Crippen LogP contribution in [0.15, 0.2) is 0 Å². The predicted octanol–water partition coefficient (Wildman–Crippen LogP) is -1.17. The van der Waals surface area contributed by atoms with Gasteiger partial charge < -0.3 is 21.3 Å². The molecule has 0 unspecified atom stereocenters. The van der Waals surface area contributed by atoms with Crippen molar-refractivity contribution >= 4 is 18.0 Å². The summed E-state index contributed by atoms with van der Waals surface area (Å²) in [5, 5.41) is 17.6. The molecule has 0 saturated heterocycles. The van der Waals surface area contributed by atoms with Crippen LogP contribution in [-0.4, -0.2) is 35.2 Å². The second kappa shape index (κ2) is 7.32. The molecule has 0 bridgehead atoms. The summed E-state index contributed by atoms with van der Waals surface area (Å²) in [7, 11) is 1.47. The van der Waals surface area contributed by atoms with E-state index in [1.807, 2.05) is 0 Å². The molecule has 0 aromatic heterocycles. The lowest BCUT2D eigenvalue weighted by Gasteiger charge is -1.80. The molecule has 7 nitrogen and oxygen atoms in total. The Morgan fingerprint density at radius 1 is 1.25 bits per heavy atom. The second-order valence-electron chi connectivity index (χ2n) is 1.58. The summed E-state index contributed by atoms with van der Waals surface area (Å²) in [5.74, 6) is -2.62. The van der Waals surface area contributed by atoms with Crippen LogP contribution in [0.25, 0.3) is 0 Å². The van der Waals surface area contributed by atoms with E-state index < -0.39 is 24.4 Å². The van der Waals surface area contributed by atoms with Crippen molar-refractivity contribution in [2.45, 2.75) is 6.42 Å². The lowest BCUT2D eigenvalue weighted by Crippen LogP contribution is -2.24. The lowest BCUT2D eigenvalue weighted by molar-refractivity contribution is -0.147. The van der Waals surface area contributed by atoms with Crippen LogP contribution in [0.4, 0.5) is 4.79 Å². The van der Waals surface area contributed by atoms with Crippen molar-refractivity contribution in [2.75, 3.05) is 7.05 Å². The van der Waals surface area contributed by atoms with E-state index in [0.717, 1.165) is 0 Å². The van der Waals surface area contributed by atoms with E-state index >= 15 is 0 Å². The minimum Gasteiger partial charge on any atom is -0.481 e. The number of primary amides is 1. The first-order valence-electron chi connectivity index (χ1n) is 2.81. The van der Waals surface area contributed by atoms with Crippen LogP contribution in [-0.2, 0) is 9.59 Å². The van der Waals surface area contributed by atoms with Crippen LogP contribution >= 0.6 is 0 Å². The number of carboxylic acid groups (broad SMARTS) is 2. The molecule has 5 N–H and O–H groups in total. The normalized spacial score (nSPS) is 7.42. The number of rotatable bonds is 2. The van der Waals surface area contributed by atoms with Crippen molar-refractivity contribution in [1.29, 1.82) is 0 Å². The van der Waals surface area contributed by atoms with Gasteiger partial charge in [-0.15, -0.1) is 0 Å². The van der Waals surface area contributed by atoms with Gasteiger partial charge in [-0.3, -0.25) is 9.59 Å². The molecular weight excluding hydrogens is 168 g/mol. The van der Waals surface area contributed by atoms with E-state index in [2.05, 4.69) is 11.1 Å². The fraction of sp³-hybridized carbons (Fsp3) is 0.400. The Kier molecular flexibility index (Phi) is 7.84. The third kappa shape index (κ3) is 24.1. The Morgan fingerprint density at radius 3 is 1.50 bits per heavy atom. The molecule has 70 valence electrons. The van der Waals surface area contributed by atoms with E-state index in [1.165, 1.54) is 7.05 Å². The van der Waals surface area contributed by atoms with Gasteiger partial charge in [-0.2, -0.15) is 0 Å². The van der Waals surface area contributed by atoms with Gasteiger partial charge in [0, 0.05) is 7.05 Å². The number of carbonyl (C=O) groups excluding carboxylic acids is 1. The SMILES string of the molecule is CNC(N)=O.O=C(O)CC(=O)O. The Bertz CT molecular complexity index is 167. The maximum atomic E-state index is 9.48. The molecule has 0 atom stereocenters. The molecule has 7 heteroatoms. The van der Waals surface area contributed by atoms with E-state index in [9.17, 15) is 14.4 Å². The van der Waals surface area contributed by atoms with Crippen molar-refractivity contribution in [3.05, 3.63) is 0 Å². The Balaban J connectivity index is 0. The molecule has 0 aromatic rings. The van der Waals surface area contributed by atoms with E-state index in [0.29, 0.717) is 0 Å². The fourth-order valence-electron chi connectivity index (χ4n) is 0.129. The highest BCUT2D eigenvalue weighted by Crippen LogP contribution is 1.74. The van der Waals surface area contributed by atoms with Crippen LogP contribution in [0.1, 0.15) is 6.42 Å². The van der Waals surface area contributed by atoms with Gasteiger partial charge in [0.25, 0.3) is 0 Å². The first-order chi connectivity index (χ1) is 5.40. The molecule has 0 heterocycles. The first kappa shape index (κ1) is 12.8. The van der Waals surface area contributed by atoms with Crippen LogP contribution in [0.2, 0.25) is 0 Å². The first-order valence-corrected chi connectivity index (χ1v) is 2.81. The number of carboxylic acids is 2. The zero-order valence-electron chi connectivity index (χ0n) is 6.40. The largest absolute Gasteiger partial charge is 0.481 e.